The molecule has 4 heteroatoms. The van der Waals surface area contributed by atoms with Crippen molar-refractivity contribution in [3.05, 3.63) is 48.0 Å². The first-order valence-corrected chi connectivity index (χ1v) is 8.17. The molecule has 23 heavy (non-hydrogen) atoms. The number of ether oxygens (including phenoxy) is 1. The van der Waals surface area contributed by atoms with Crippen LogP contribution in [0.5, 0.6) is 0 Å². The lowest BCUT2D eigenvalue weighted by atomic mass is 10.1. The molecule has 1 aromatic heterocycles. The molecule has 0 unspecified atom stereocenters. The van der Waals surface area contributed by atoms with Crippen molar-refractivity contribution in [2.75, 3.05) is 19.7 Å². The van der Waals surface area contributed by atoms with Crippen LogP contribution >= 0.6 is 0 Å². The van der Waals surface area contributed by atoms with Crippen molar-refractivity contribution in [3.8, 4) is 0 Å². The molecular weight excluding hydrogens is 290 g/mol. The predicted molar refractivity (Wildman–Crippen MR) is 90.4 cm³/mol. The van der Waals surface area contributed by atoms with Crippen LogP contribution in [0.4, 0.5) is 0 Å². The highest BCUT2D eigenvalue weighted by molar-refractivity contribution is 6.05. The Labute approximate surface area is 135 Å². The Balaban J connectivity index is 1.65. The molecule has 4 rings (SSSR count). The van der Waals surface area contributed by atoms with Gasteiger partial charge < -0.3 is 14.3 Å². The molecular formula is C19H21NO3. The molecule has 0 radical (unpaired) electrons. The van der Waals surface area contributed by atoms with Crippen molar-refractivity contribution in [2.45, 2.75) is 25.7 Å². The number of β-amino-alcohol motifs (C(OH)–C–C–N with tert-alkyl or cyclic N) is 1. The Morgan fingerprint density at radius 3 is 2.83 bits per heavy atom. The molecule has 0 bridgehead atoms. The van der Waals surface area contributed by atoms with Crippen molar-refractivity contribution < 1.29 is 14.3 Å². The second-order valence-corrected chi connectivity index (χ2v) is 6.15. The highest BCUT2D eigenvalue weighted by Crippen LogP contribution is 2.31. The first kappa shape index (κ1) is 14.7. The highest BCUT2D eigenvalue weighted by atomic mass is 16.5. The number of hydrogen-bond acceptors (Lipinski definition) is 4. The Morgan fingerprint density at radius 1 is 1.13 bits per heavy atom. The minimum atomic E-state index is -0.412. The van der Waals surface area contributed by atoms with Crippen LogP contribution in [0.1, 0.15) is 12.5 Å². The second-order valence-electron chi connectivity index (χ2n) is 6.15. The zero-order chi connectivity index (χ0) is 15.8. The summed E-state index contributed by atoms with van der Waals surface area (Å²) in [5.74, 6) is 0. The maximum absolute atomic E-state index is 10.1. The first-order chi connectivity index (χ1) is 11.3. The number of benzene rings is 2. The molecule has 0 amide bonds. The van der Waals surface area contributed by atoms with Crippen LogP contribution in [-0.4, -0.2) is 41.9 Å². The topological polar surface area (TPSA) is 45.8 Å². The number of nitrogens with zero attached hydrogens (tertiary/aromatic N) is 1. The van der Waals surface area contributed by atoms with E-state index in [9.17, 15) is 5.11 Å². The maximum Gasteiger partial charge on any atom is 0.139 e. The Bertz CT molecular complexity index is 826. The third kappa shape index (κ3) is 2.63. The number of aliphatic hydroxyl groups excluding tert-OH is 1. The molecule has 0 aliphatic carbocycles. The number of furan rings is 1. The van der Waals surface area contributed by atoms with Gasteiger partial charge in [-0.2, -0.15) is 0 Å². The van der Waals surface area contributed by atoms with Gasteiger partial charge in [-0.25, -0.2) is 0 Å². The van der Waals surface area contributed by atoms with E-state index in [-0.39, 0.29) is 6.10 Å². The number of hydrogen-bond donors (Lipinski definition) is 1. The van der Waals surface area contributed by atoms with Crippen LogP contribution < -0.4 is 0 Å². The monoisotopic (exact) mass is 311 g/mol. The summed E-state index contributed by atoms with van der Waals surface area (Å²) in [5, 5.41) is 12.4. The van der Waals surface area contributed by atoms with Crippen LogP contribution in [0, 0.1) is 0 Å². The molecule has 1 aliphatic rings. The van der Waals surface area contributed by atoms with Gasteiger partial charge in [-0.3, -0.25) is 4.90 Å². The number of aliphatic hydroxyl groups is 1. The van der Waals surface area contributed by atoms with Crippen molar-refractivity contribution in [1.29, 1.82) is 0 Å². The lowest BCUT2D eigenvalue weighted by Crippen LogP contribution is -2.26. The van der Waals surface area contributed by atoms with E-state index >= 15 is 0 Å². The van der Waals surface area contributed by atoms with Gasteiger partial charge in [0.25, 0.3) is 0 Å². The van der Waals surface area contributed by atoms with Crippen LogP contribution in [-0.2, 0) is 11.3 Å². The summed E-state index contributed by atoms with van der Waals surface area (Å²) >= 11 is 0. The molecule has 1 fully saturated rings. The van der Waals surface area contributed by atoms with E-state index in [0.717, 1.165) is 40.6 Å². The Hall–Kier alpha value is -1.88. The number of fused-ring (bicyclic) bond motifs is 3. The van der Waals surface area contributed by atoms with E-state index in [4.69, 9.17) is 9.15 Å². The van der Waals surface area contributed by atoms with Crippen molar-refractivity contribution >= 4 is 21.9 Å². The van der Waals surface area contributed by atoms with Gasteiger partial charge >= 0.3 is 0 Å². The molecule has 120 valence electrons. The molecule has 0 spiro atoms. The lowest BCUT2D eigenvalue weighted by molar-refractivity contribution is -0.00244. The van der Waals surface area contributed by atoms with Crippen LogP contribution in [0.25, 0.3) is 21.9 Å². The van der Waals surface area contributed by atoms with Crippen molar-refractivity contribution in [1.82, 2.24) is 4.90 Å². The van der Waals surface area contributed by atoms with E-state index in [0.29, 0.717) is 13.2 Å². The average Bonchev–Trinajstić information content (AvgIpc) is 3.09. The fourth-order valence-electron chi connectivity index (χ4n) is 3.51. The van der Waals surface area contributed by atoms with Crippen molar-refractivity contribution in [2.24, 2.45) is 0 Å². The van der Waals surface area contributed by atoms with Gasteiger partial charge in [0, 0.05) is 42.6 Å². The van der Waals surface area contributed by atoms with Gasteiger partial charge in [0.05, 0.1) is 12.2 Å². The smallest absolute Gasteiger partial charge is 0.139 e. The van der Waals surface area contributed by atoms with Gasteiger partial charge in [-0.1, -0.05) is 36.4 Å². The molecule has 2 heterocycles. The van der Waals surface area contributed by atoms with Crippen molar-refractivity contribution in [3.63, 3.8) is 0 Å². The summed E-state index contributed by atoms with van der Waals surface area (Å²) in [4.78, 5) is 2.23. The fourth-order valence-corrected chi connectivity index (χ4v) is 3.51. The predicted octanol–water partition coefficient (Wildman–Crippen LogP) is 3.17. The molecule has 3 aromatic rings. The van der Waals surface area contributed by atoms with Crippen LogP contribution in [0.3, 0.4) is 0 Å². The van der Waals surface area contributed by atoms with E-state index in [1.165, 1.54) is 0 Å². The number of likely N-dealkylation sites (tertiary alicyclic amines) is 1. The molecule has 2 atom stereocenters. The van der Waals surface area contributed by atoms with Gasteiger partial charge in [-0.15, -0.1) is 0 Å². The summed E-state index contributed by atoms with van der Waals surface area (Å²) < 4.78 is 11.7. The van der Waals surface area contributed by atoms with Crippen LogP contribution in [0.15, 0.2) is 46.9 Å². The minimum Gasteiger partial charge on any atom is -0.456 e. The minimum absolute atomic E-state index is 0.0881. The Kier molecular flexibility index (Phi) is 3.81. The maximum atomic E-state index is 10.1. The van der Waals surface area contributed by atoms with E-state index < -0.39 is 6.10 Å². The molecule has 4 nitrogen and oxygen atoms in total. The molecule has 1 aliphatic heterocycles. The lowest BCUT2D eigenvalue weighted by Gasteiger charge is -2.15. The summed E-state index contributed by atoms with van der Waals surface area (Å²) in [5.41, 5.74) is 3.02. The third-order valence-corrected chi connectivity index (χ3v) is 4.57. The molecule has 0 saturated carbocycles. The third-order valence-electron chi connectivity index (χ3n) is 4.57. The van der Waals surface area contributed by atoms with E-state index in [1.807, 2.05) is 25.1 Å². The zero-order valence-electron chi connectivity index (χ0n) is 13.2. The normalized spacial score (nSPS) is 22.3. The number of para-hydroxylation sites is 2. The largest absolute Gasteiger partial charge is 0.456 e. The number of rotatable bonds is 4. The standard InChI is InChI=1S/C19H21NO3/c1-2-22-18-12-20(11-16(18)21)10-13-6-5-8-15-14-7-3-4-9-17(14)23-19(13)15/h3-9,16,18,21H,2,10-12H2,1H3/t16-,18-/m1/s1. The van der Waals surface area contributed by atoms with Gasteiger partial charge in [0.2, 0.25) is 0 Å². The van der Waals surface area contributed by atoms with Gasteiger partial charge in [-0.05, 0) is 13.0 Å². The van der Waals surface area contributed by atoms with E-state index in [2.05, 4.69) is 29.2 Å². The fraction of sp³-hybridized carbons (Fsp3) is 0.368. The second kappa shape index (κ2) is 5.96. The SMILES string of the molecule is CCO[C@@H]1CN(Cc2cccc3c2oc2ccccc23)C[C@H]1O. The highest BCUT2D eigenvalue weighted by Gasteiger charge is 2.32. The summed E-state index contributed by atoms with van der Waals surface area (Å²) in [7, 11) is 0. The van der Waals surface area contributed by atoms with E-state index in [1.54, 1.807) is 0 Å². The summed E-state index contributed by atoms with van der Waals surface area (Å²) in [6.45, 7) is 4.75. The first-order valence-electron chi connectivity index (χ1n) is 8.17. The van der Waals surface area contributed by atoms with Gasteiger partial charge in [0.1, 0.15) is 11.2 Å². The van der Waals surface area contributed by atoms with Gasteiger partial charge in [0.15, 0.2) is 0 Å². The summed E-state index contributed by atoms with van der Waals surface area (Å²) in [6.07, 6.45) is -0.500. The molecule has 1 N–H and O–H groups in total. The molecule has 2 aromatic carbocycles. The Morgan fingerprint density at radius 2 is 1.96 bits per heavy atom. The van der Waals surface area contributed by atoms with Crippen LogP contribution in [0.2, 0.25) is 0 Å². The summed E-state index contributed by atoms with van der Waals surface area (Å²) in [6, 6.07) is 14.4. The zero-order valence-corrected chi connectivity index (χ0v) is 13.2. The average molecular weight is 311 g/mol. The quantitative estimate of drug-likeness (QED) is 0.804. The molecule has 1 saturated heterocycles.